The average molecular weight is 366 g/mol. The van der Waals surface area contributed by atoms with Crippen LogP contribution in [0.25, 0.3) is 16.6 Å². The van der Waals surface area contributed by atoms with Gasteiger partial charge >= 0.3 is 5.97 Å². The van der Waals surface area contributed by atoms with Gasteiger partial charge < -0.3 is 9.67 Å². The number of rotatable bonds is 1. The maximum absolute atomic E-state index is 13.9. The summed E-state index contributed by atoms with van der Waals surface area (Å²) in [6.45, 7) is 2.04. The first-order chi connectivity index (χ1) is 11.3. The number of benzene rings is 1. The quantitative estimate of drug-likeness (QED) is 0.814. The van der Waals surface area contributed by atoms with E-state index in [-0.39, 0.29) is 20.7 Å². The van der Waals surface area contributed by atoms with Crippen molar-refractivity contribution in [2.45, 2.75) is 36.0 Å². The van der Waals surface area contributed by atoms with Gasteiger partial charge in [-0.3, -0.25) is 4.79 Å². The van der Waals surface area contributed by atoms with E-state index in [1.54, 1.807) is 4.57 Å². The lowest BCUT2D eigenvalue weighted by molar-refractivity contribution is 0.0690. The molecule has 1 unspecified atom stereocenters. The fraction of sp³-hybridized carbons (Fsp3) is 0.294. The topological polar surface area (TPSA) is 59.3 Å². The molecule has 4 nitrogen and oxygen atoms in total. The Hall–Kier alpha value is -1.79. The summed E-state index contributed by atoms with van der Waals surface area (Å²) < 4.78 is 15.4. The van der Waals surface area contributed by atoms with Crippen molar-refractivity contribution in [2.75, 3.05) is 0 Å². The fourth-order valence-corrected chi connectivity index (χ4v) is 5.23. The van der Waals surface area contributed by atoms with E-state index >= 15 is 0 Å². The first-order valence-electron chi connectivity index (χ1n) is 7.54. The molecule has 2 aromatic rings. The predicted molar refractivity (Wildman–Crippen MR) is 92.5 cm³/mol. The van der Waals surface area contributed by atoms with E-state index in [9.17, 15) is 19.1 Å². The number of allylic oxidation sites excluding steroid dienone is 1. The van der Waals surface area contributed by atoms with Gasteiger partial charge in [-0.05, 0) is 38.3 Å². The number of fused-ring (bicyclic) bond motifs is 5. The van der Waals surface area contributed by atoms with Crippen LogP contribution in [-0.2, 0) is 0 Å². The van der Waals surface area contributed by atoms with E-state index < -0.39 is 17.2 Å². The monoisotopic (exact) mass is 365 g/mol. The highest BCUT2D eigenvalue weighted by Gasteiger charge is 2.43. The van der Waals surface area contributed by atoms with E-state index in [0.717, 1.165) is 31.0 Å². The van der Waals surface area contributed by atoms with E-state index in [2.05, 4.69) is 6.08 Å². The van der Waals surface area contributed by atoms with Gasteiger partial charge in [0, 0.05) is 11.1 Å². The number of thioether (sulfide) groups is 1. The summed E-state index contributed by atoms with van der Waals surface area (Å²) >= 11 is 7.31. The fourth-order valence-electron chi connectivity index (χ4n) is 3.55. The van der Waals surface area contributed by atoms with Crippen molar-refractivity contribution in [3.8, 4) is 0 Å². The van der Waals surface area contributed by atoms with Crippen LogP contribution < -0.4 is 5.43 Å². The number of carboxylic acids is 1. The zero-order valence-corrected chi connectivity index (χ0v) is 14.3. The molecule has 2 heterocycles. The van der Waals surface area contributed by atoms with Crippen molar-refractivity contribution in [1.82, 2.24) is 4.57 Å². The summed E-state index contributed by atoms with van der Waals surface area (Å²) in [4.78, 5) is 24.4. The summed E-state index contributed by atoms with van der Waals surface area (Å²) in [7, 11) is 0. The molecule has 0 saturated heterocycles. The highest BCUT2D eigenvalue weighted by molar-refractivity contribution is 8.01. The zero-order valence-electron chi connectivity index (χ0n) is 12.7. The second-order valence-corrected chi connectivity index (χ2v) is 8.15. The van der Waals surface area contributed by atoms with Gasteiger partial charge in [0.25, 0.3) is 0 Å². The average Bonchev–Trinajstić information content (AvgIpc) is 2.81. The molecule has 1 aliphatic heterocycles. The van der Waals surface area contributed by atoms with E-state index in [1.165, 1.54) is 17.8 Å². The number of aromatic carboxylic acids is 1. The van der Waals surface area contributed by atoms with Gasteiger partial charge in [0.1, 0.15) is 11.4 Å². The van der Waals surface area contributed by atoms with Gasteiger partial charge in [-0.2, -0.15) is 0 Å². The van der Waals surface area contributed by atoms with Crippen molar-refractivity contribution >= 4 is 45.9 Å². The maximum atomic E-state index is 13.9. The molecular weight excluding hydrogens is 353 g/mol. The number of pyridine rings is 1. The molecule has 7 heteroatoms. The van der Waals surface area contributed by atoms with Crippen LogP contribution in [-0.4, -0.2) is 20.4 Å². The highest BCUT2D eigenvalue weighted by Crippen LogP contribution is 2.54. The number of carbonyl (C=O) groups is 1. The molecule has 1 aromatic heterocycles. The second-order valence-electron chi connectivity index (χ2n) is 6.25. The lowest BCUT2D eigenvalue weighted by Gasteiger charge is -2.28. The molecule has 0 amide bonds. The molecule has 1 N–H and O–H groups in total. The number of halogens is 2. The Morgan fingerprint density at radius 2 is 2.21 bits per heavy atom. The zero-order chi connectivity index (χ0) is 17.2. The molecule has 124 valence electrons. The summed E-state index contributed by atoms with van der Waals surface area (Å²) in [5, 5.41) is 9.91. The molecule has 0 saturated carbocycles. The minimum Gasteiger partial charge on any atom is -0.477 e. The summed E-state index contributed by atoms with van der Waals surface area (Å²) in [5.74, 6) is -2.03. The molecule has 1 aromatic carbocycles. The number of hydrogen-bond donors (Lipinski definition) is 1. The molecule has 0 fully saturated rings. The molecule has 0 bridgehead atoms. The molecule has 24 heavy (non-hydrogen) atoms. The van der Waals surface area contributed by atoms with Crippen molar-refractivity contribution in [3.63, 3.8) is 0 Å². The van der Waals surface area contributed by atoms with Crippen molar-refractivity contribution in [3.05, 3.63) is 44.8 Å². The highest BCUT2D eigenvalue weighted by atomic mass is 35.5. The number of hydrogen-bond acceptors (Lipinski definition) is 3. The lowest BCUT2D eigenvalue weighted by Crippen LogP contribution is -2.23. The van der Waals surface area contributed by atoms with Crippen LogP contribution >= 0.6 is 23.4 Å². The van der Waals surface area contributed by atoms with Crippen molar-refractivity contribution in [1.29, 1.82) is 0 Å². The maximum Gasteiger partial charge on any atom is 0.342 e. The molecule has 2 aliphatic rings. The summed E-state index contributed by atoms with van der Waals surface area (Å²) in [6, 6.07) is 2.44. The lowest BCUT2D eigenvalue weighted by atomic mass is 9.92. The van der Waals surface area contributed by atoms with Crippen LogP contribution in [0.1, 0.15) is 36.5 Å². The third-order valence-electron chi connectivity index (χ3n) is 4.68. The van der Waals surface area contributed by atoms with E-state index in [1.807, 2.05) is 6.92 Å². The van der Waals surface area contributed by atoms with Gasteiger partial charge in [0.2, 0.25) is 5.43 Å². The van der Waals surface area contributed by atoms with Gasteiger partial charge in [0.15, 0.2) is 0 Å². The summed E-state index contributed by atoms with van der Waals surface area (Å²) in [6.07, 6.45) is 4.84. The molecule has 0 radical (unpaired) electrons. The Bertz CT molecular complexity index is 1010. The van der Waals surface area contributed by atoms with Gasteiger partial charge in [0.05, 0.1) is 20.3 Å². The standard InChI is InChI=1S/C17H13ClFNO3S/c1-17-5-3-2-4-12(17)20-11-7-9(18)10(19)6-8(11)14(21)13(16(22)23)15(20)24-17/h4,6-7H,2-3,5H2,1H3,(H,22,23). The smallest absolute Gasteiger partial charge is 0.342 e. The van der Waals surface area contributed by atoms with Crippen molar-refractivity contribution < 1.29 is 14.3 Å². The van der Waals surface area contributed by atoms with Crippen LogP contribution in [0.3, 0.4) is 0 Å². The summed E-state index contributed by atoms with van der Waals surface area (Å²) in [5.41, 5.74) is 0.431. The minimum atomic E-state index is -1.30. The first kappa shape index (κ1) is 15.7. The van der Waals surface area contributed by atoms with Gasteiger partial charge in [-0.25, -0.2) is 9.18 Å². The molecule has 1 aliphatic carbocycles. The van der Waals surface area contributed by atoms with E-state index in [0.29, 0.717) is 10.5 Å². The Balaban J connectivity index is 2.22. The van der Waals surface area contributed by atoms with Gasteiger partial charge in [-0.15, -0.1) is 0 Å². The number of carboxylic acid groups (broad SMARTS) is 1. The number of aromatic nitrogens is 1. The normalized spacial score (nSPS) is 22.2. The molecule has 4 rings (SSSR count). The predicted octanol–water partition coefficient (Wildman–Crippen LogP) is 4.38. The van der Waals surface area contributed by atoms with Crippen LogP contribution in [0.4, 0.5) is 4.39 Å². The molecular formula is C17H13ClFNO3S. The third-order valence-corrected chi connectivity index (χ3v) is 6.42. The SMILES string of the molecule is CC12CCCC=C1n1c(c(C(=O)O)c(=O)c3cc(F)c(Cl)cc31)S2. The van der Waals surface area contributed by atoms with Crippen LogP contribution in [0.15, 0.2) is 28.0 Å². The van der Waals surface area contributed by atoms with E-state index in [4.69, 9.17) is 11.6 Å². The van der Waals surface area contributed by atoms with Crippen LogP contribution in [0.5, 0.6) is 0 Å². The Kier molecular flexibility index (Phi) is 3.34. The Morgan fingerprint density at radius 3 is 2.92 bits per heavy atom. The van der Waals surface area contributed by atoms with Crippen LogP contribution in [0, 0.1) is 5.82 Å². The first-order valence-corrected chi connectivity index (χ1v) is 8.74. The Morgan fingerprint density at radius 1 is 1.46 bits per heavy atom. The number of nitrogens with zero attached hydrogens (tertiary/aromatic N) is 1. The Labute approximate surface area is 145 Å². The third kappa shape index (κ3) is 1.99. The van der Waals surface area contributed by atoms with Crippen molar-refractivity contribution in [2.24, 2.45) is 0 Å². The van der Waals surface area contributed by atoms with Crippen LogP contribution in [0.2, 0.25) is 5.02 Å². The molecule has 1 atom stereocenters. The molecule has 0 spiro atoms. The second kappa shape index (κ2) is 5.10. The largest absolute Gasteiger partial charge is 0.477 e. The minimum absolute atomic E-state index is 0.0365. The van der Waals surface area contributed by atoms with Gasteiger partial charge in [-0.1, -0.05) is 29.4 Å².